The second-order valence-corrected chi connectivity index (χ2v) is 7.49. The number of ether oxygens (including phenoxy) is 1. The molecule has 2 amide bonds. The third-order valence-electron chi connectivity index (χ3n) is 4.86. The van der Waals surface area contributed by atoms with E-state index in [4.69, 9.17) is 22.1 Å². The smallest absolute Gasteiger partial charge is 0.345 e. The lowest BCUT2D eigenvalue weighted by atomic mass is 9.84. The first-order valence-electron chi connectivity index (χ1n) is 9.11. The molecule has 2 rings (SSSR count). The summed E-state index contributed by atoms with van der Waals surface area (Å²) in [6.07, 6.45) is 2.89. The molecular formula is C18H28ClN5O2. The van der Waals surface area contributed by atoms with Gasteiger partial charge in [0.2, 0.25) is 5.88 Å². The lowest BCUT2D eigenvalue weighted by molar-refractivity contribution is 0.148. The monoisotopic (exact) mass is 381 g/mol. The van der Waals surface area contributed by atoms with Gasteiger partial charge in [0, 0.05) is 25.1 Å². The van der Waals surface area contributed by atoms with Gasteiger partial charge in [-0.25, -0.2) is 4.79 Å². The Hall–Kier alpha value is -1.89. The predicted molar refractivity (Wildman–Crippen MR) is 102 cm³/mol. The van der Waals surface area contributed by atoms with Gasteiger partial charge in [-0.05, 0) is 37.2 Å². The SMILES string of the molecule is CC(C)/C(N)=N/C(=O)N1CCC([C@H](C)CCOc2ccc(Cl)nn2)CC1. The number of rotatable bonds is 6. The molecule has 26 heavy (non-hydrogen) atoms. The standard InChI is InChI=1S/C18H28ClN5O2/c1-12(2)17(20)21-18(25)24-9-6-14(7-10-24)13(3)8-11-26-16-5-4-15(19)22-23-16/h4-5,12-14H,6-11H2,1-3H3,(H2,20,21,25)/t13-/m1/s1. The summed E-state index contributed by atoms with van der Waals surface area (Å²) in [5, 5.41) is 7.99. The summed E-state index contributed by atoms with van der Waals surface area (Å²) in [6.45, 7) is 8.13. The van der Waals surface area contributed by atoms with Crippen molar-refractivity contribution < 1.29 is 9.53 Å². The van der Waals surface area contributed by atoms with Gasteiger partial charge in [0.25, 0.3) is 0 Å². The van der Waals surface area contributed by atoms with Crippen molar-refractivity contribution in [3.05, 3.63) is 17.3 Å². The van der Waals surface area contributed by atoms with Crippen molar-refractivity contribution in [2.24, 2.45) is 28.5 Å². The van der Waals surface area contributed by atoms with Crippen LogP contribution in [-0.4, -0.2) is 46.7 Å². The lowest BCUT2D eigenvalue weighted by Gasteiger charge is -2.34. The first kappa shape index (κ1) is 20.4. The van der Waals surface area contributed by atoms with E-state index in [0.717, 1.165) is 32.4 Å². The summed E-state index contributed by atoms with van der Waals surface area (Å²) in [4.78, 5) is 17.9. The van der Waals surface area contributed by atoms with E-state index in [-0.39, 0.29) is 11.9 Å². The molecule has 2 N–H and O–H groups in total. The fourth-order valence-electron chi connectivity index (χ4n) is 2.94. The summed E-state index contributed by atoms with van der Waals surface area (Å²) in [7, 11) is 0. The van der Waals surface area contributed by atoms with Gasteiger partial charge >= 0.3 is 6.03 Å². The zero-order chi connectivity index (χ0) is 19.1. The molecule has 1 fully saturated rings. The number of nitrogens with two attached hydrogens (primary N) is 1. The van der Waals surface area contributed by atoms with Crippen LogP contribution in [0.1, 0.15) is 40.0 Å². The molecule has 7 nitrogen and oxygen atoms in total. The van der Waals surface area contributed by atoms with Crippen molar-refractivity contribution in [1.29, 1.82) is 0 Å². The highest BCUT2D eigenvalue weighted by molar-refractivity contribution is 6.29. The van der Waals surface area contributed by atoms with Crippen molar-refractivity contribution in [2.45, 2.75) is 40.0 Å². The fraction of sp³-hybridized carbons (Fsp3) is 0.667. The second-order valence-electron chi connectivity index (χ2n) is 7.11. The highest BCUT2D eigenvalue weighted by Crippen LogP contribution is 2.27. The number of carbonyl (C=O) groups is 1. The number of likely N-dealkylation sites (tertiary alicyclic amines) is 1. The van der Waals surface area contributed by atoms with E-state index in [9.17, 15) is 4.79 Å². The number of amides is 2. The molecule has 1 saturated heterocycles. The van der Waals surface area contributed by atoms with Crippen molar-refractivity contribution >= 4 is 23.5 Å². The predicted octanol–water partition coefficient (Wildman–Crippen LogP) is 3.38. The van der Waals surface area contributed by atoms with Crippen molar-refractivity contribution in [1.82, 2.24) is 15.1 Å². The van der Waals surface area contributed by atoms with E-state index in [1.54, 1.807) is 17.0 Å². The molecule has 0 aromatic carbocycles. The minimum atomic E-state index is -0.216. The minimum absolute atomic E-state index is 0.0850. The molecule has 0 bridgehead atoms. The number of piperidine rings is 1. The maximum atomic E-state index is 12.2. The number of amidine groups is 1. The molecule has 0 aliphatic carbocycles. The number of carbonyl (C=O) groups excluding carboxylic acids is 1. The van der Waals surface area contributed by atoms with Crippen LogP contribution in [-0.2, 0) is 0 Å². The van der Waals surface area contributed by atoms with Gasteiger partial charge < -0.3 is 15.4 Å². The zero-order valence-corrected chi connectivity index (χ0v) is 16.4. The van der Waals surface area contributed by atoms with Gasteiger partial charge in [0.05, 0.1) is 6.61 Å². The summed E-state index contributed by atoms with van der Waals surface area (Å²) < 4.78 is 5.62. The number of halogens is 1. The second kappa shape index (κ2) is 9.71. The largest absolute Gasteiger partial charge is 0.477 e. The quantitative estimate of drug-likeness (QED) is 0.602. The van der Waals surface area contributed by atoms with Gasteiger partial charge in [-0.2, -0.15) is 4.99 Å². The summed E-state index contributed by atoms with van der Waals surface area (Å²) in [6, 6.07) is 3.16. The maximum absolute atomic E-state index is 12.2. The molecule has 8 heteroatoms. The van der Waals surface area contributed by atoms with Gasteiger partial charge in [-0.3, -0.25) is 0 Å². The lowest BCUT2D eigenvalue weighted by Crippen LogP contribution is -2.39. The van der Waals surface area contributed by atoms with Crippen LogP contribution in [0.15, 0.2) is 17.1 Å². The first-order valence-corrected chi connectivity index (χ1v) is 9.49. The van der Waals surface area contributed by atoms with E-state index in [1.165, 1.54) is 0 Å². The molecule has 1 atom stereocenters. The maximum Gasteiger partial charge on any atom is 0.345 e. The summed E-state index contributed by atoms with van der Waals surface area (Å²) in [5.74, 6) is 2.06. The third kappa shape index (κ3) is 6.12. The number of hydrogen-bond donors (Lipinski definition) is 1. The number of urea groups is 1. The Kier molecular flexibility index (Phi) is 7.63. The highest BCUT2D eigenvalue weighted by atomic mass is 35.5. The highest BCUT2D eigenvalue weighted by Gasteiger charge is 2.26. The van der Waals surface area contributed by atoms with Gasteiger partial charge in [-0.1, -0.05) is 32.4 Å². The molecule has 0 unspecified atom stereocenters. The average Bonchev–Trinajstić information content (AvgIpc) is 2.63. The minimum Gasteiger partial charge on any atom is -0.477 e. The van der Waals surface area contributed by atoms with Crippen LogP contribution in [0.4, 0.5) is 4.79 Å². The normalized spacial score (nSPS) is 17.4. The van der Waals surface area contributed by atoms with E-state index in [2.05, 4.69) is 22.1 Å². The number of aliphatic imine (C=N–C) groups is 1. The molecule has 0 radical (unpaired) electrons. The van der Waals surface area contributed by atoms with Crippen LogP contribution in [0.5, 0.6) is 5.88 Å². The van der Waals surface area contributed by atoms with Crippen LogP contribution in [0, 0.1) is 17.8 Å². The van der Waals surface area contributed by atoms with Crippen LogP contribution < -0.4 is 10.5 Å². The zero-order valence-electron chi connectivity index (χ0n) is 15.7. The van der Waals surface area contributed by atoms with E-state index in [0.29, 0.717) is 35.3 Å². The van der Waals surface area contributed by atoms with Crippen LogP contribution in [0.25, 0.3) is 0 Å². The molecule has 2 heterocycles. The molecule has 1 aliphatic heterocycles. The fourth-order valence-corrected chi connectivity index (χ4v) is 3.04. The van der Waals surface area contributed by atoms with E-state index >= 15 is 0 Å². The van der Waals surface area contributed by atoms with Crippen molar-refractivity contribution in [3.8, 4) is 5.88 Å². The van der Waals surface area contributed by atoms with Gasteiger partial charge in [-0.15, -0.1) is 10.2 Å². The molecule has 1 aliphatic rings. The molecular weight excluding hydrogens is 354 g/mol. The van der Waals surface area contributed by atoms with Crippen molar-refractivity contribution in [3.63, 3.8) is 0 Å². The van der Waals surface area contributed by atoms with Crippen LogP contribution in [0.2, 0.25) is 5.15 Å². The first-order chi connectivity index (χ1) is 12.4. The molecule has 0 spiro atoms. The Labute approximate surface area is 160 Å². The Bertz CT molecular complexity index is 613. The summed E-state index contributed by atoms with van der Waals surface area (Å²) in [5.41, 5.74) is 5.78. The summed E-state index contributed by atoms with van der Waals surface area (Å²) >= 11 is 5.70. The third-order valence-corrected chi connectivity index (χ3v) is 5.06. The topological polar surface area (TPSA) is 93.7 Å². The van der Waals surface area contributed by atoms with E-state index in [1.807, 2.05) is 13.8 Å². The Balaban J connectivity index is 1.72. The molecule has 1 aromatic rings. The number of aromatic nitrogens is 2. The average molecular weight is 382 g/mol. The van der Waals surface area contributed by atoms with Crippen LogP contribution >= 0.6 is 11.6 Å². The number of nitrogens with zero attached hydrogens (tertiary/aromatic N) is 4. The van der Waals surface area contributed by atoms with Gasteiger partial charge in [0.15, 0.2) is 5.15 Å². The molecule has 0 saturated carbocycles. The van der Waals surface area contributed by atoms with Crippen molar-refractivity contribution in [2.75, 3.05) is 19.7 Å². The van der Waals surface area contributed by atoms with Gasteiger partial charge in [0.1, 0.15) is 5.84 Å². The Morgan fingerprint density at radius 2 is 2.04 bits per heavy atom. The molecule has 1 aromatic heterocycles. The Morgan fingerprint density at radius 1 is 1.35 bits per heavy atom. The Morgan fingerprint density at radius 3 is 2.62 bits per heavy atom. The molecule has 144 valence electrons. The number of hydrogen-bond acceptors (Lipinski definition) is 4. The van der Waals surface area contributed by atoms with Crippen LogP contribution in [0.3, 0.4) is 0 Å². The van der Waals surface area contributed by atoms with E-state index < -0.39 is 0 Å².